The Hall–Kier alpha value is -0.810. The molecule has 66 valence electrons. The molecule has 2 N–H and O–H groups in total. The number of carboxylic acid groups (broad SMARTS) is 1. The fourth-order valence-corrected chi connectivity index (χ4v) is 1.49. The topological polar surface area (TPSA) is 62.2 Å². The van der Waals surface area contributed by atoms with Gasteiger partial charge in [-0.1, -0.05) is 11.6 Å². The van der Waals surface area contributed by atoms with E-state index < -0.39 is 12.0 Å². The molecule has 0 aliphatic carbocycles. The van der Waals surface area contributed by atoms with Crippen molar-refractivity contribution in [1.82, 2.24) is 4.98 Å². The first kappa shape index (κ1) is 9.28. The smallest absolute Gasteiger partial charge is 0.325 e. The number of nitrogens with one attached hydrogen (secondary N) is 1. The normalized spacial score (nSPS) is 12.5. The molecule has 0 saturated heterocycles. The third-order valence-electron chi connectivity index (χ3n) is 1.19. The van der Waals surface area contributed by atoms with Crippen LogP contribution in [0, 0.1) is 0 Å². The van der Waals surface area contributed by atoms with Crippen molar-refractivity contribution in [3.8, 4) is 0 Å². The van der Waals surface area contributed by atoms with Gasteiger partial charge in [-0.05, 0) is 6.92 Å². The Morgan fingerprint density at radius 1 is 1.92 bits per heavy atom. The number of carboxylic acids is 1. The number of aliphatic carboxylic acids is 1. The van der Waals surface area contributed by atoms with E-state index in [1.807, 2.05) is 0 Å². The Bertz CT molecular complexity index is 289. The highest BCUT2D eigenvalue weighted by Gasteiger charge is 2.11. The minimum absolute atomic E-state index is 0.375. The fourth-order valence-electron chi connectivity index (χ4n) is 0.567. The molecule has 1 aromatic rings. The minimum Gasteiger partial charge on any atom is -0.480 e. The number of nitrogens with zero attached hydrogens (tertiary/aromatic N) is 1. The molecule has 0 aliphatic rings. The van der Waals surface area contributed by atoms with Crippen LogP contribution in [0.5, 0.6) is 0 Å². The number of hydrogen-bond donors (Lipinski definition) is 2. The predicted molar refractivity (Wildman–Crippen MR) is 47.8 cm³/mol. The number of hydrogen-bond acceptors (Lipinski definition) is 4. The van der Waals surface area contributed by atoms with E-state index in [4.69, 9.17) is 16.7 Å². The van der Waals surface area contributed by atoms with Gasteiger partial charge in [0.2, 0.25) is 0 Å². The molecule has 1 aromatic heterocycles. The SMILES string of the molecule is CC(Nc1nc(Cl)cs1)C(=O)O. The molecule has 0 spiro atoms. The first-order chi connectivity index (χ1) is 5.59. The quantitative estimate of drug-likeness (QED) is 0.790. The van der Waals surface area contributed by atoms with Gasteiger partial charge in [-0.25, -0.2) is 4.98 Å². The monoisotopic (exact) mass is 206 g/mol. The van der Waals surface area contributed by atoms with Crippen LogP contribution in [0.3, 0.4) is 0 Å². The molecule has 0 aromatic carbocycles. The van der Waals surface area contributed by atoms with Gasteiger partial charge in [0, 0.05) is 5.38 Å². The molecular weight excluding hydrogens is 200 g/mol. The number of halogens is 1. The van der Waals surface area contributed by atoms with Crippen molar-refractivity contribution in [2.75, 3.05) is 5.32 Å². The van der Waals surface area contributed by atoms with E-state index in [0.29, 0.717) is 10.3 Å². The van der Waals surface area contributed by atoms with Gasteiger partial charge in [0.15, 0.2) is 5.13 Å². The maximum Gasteiger partial charge on any atom is 0.325 e. The van der Waals surface area contributed by atoms with Gasteiger partial charge in [0.1, 0.15) is 11.2 Å². The van der Waals surface area contributed by atoms with Gasteiger partial charge in [0.25, 0.3) is 0 Å². The third kappa shape index (κ3) is 2.35. The van der Waals surface area contributed by atoms with Gasteiger partial charge in [-0.2, -0.15) is 0 Å². The largest absolute Gasteiger partial charge is 0.480 e. The van der Waals surface area contributed by atoms with Crippen molar-refractivity contribution < 1.29 is 9.90 Å². The summed E-state index contributed by atoms with van der Waals surface area (Å²) in [6, 6.07) is -0.646. The van der Waals surface area contributed by atoms with E-state index in [2.05, 4.69) is 10.3 Å². The second kappa shape index (κ2) is 3.73. The highest BCUT2D eigenvalue weighted by molar-refractivity contribution is 7.14. The standard InChI is InChI=1S/C6H7ClN2O2S/c1-3(5(10)11)8-6-9-4(7)2-12-6/h2-3H,1H3,(H,8,9)(H,10,11). The summed E-state index contributed by atoms with van der Waals surface area (Å²) in [4.78, 5) is 14.2. The van der Waals surface area contributed by atoms with Gasteiger partial charge >= 0.3 is 5.97 Å². The molecule has 0 saturated carbocycles. The molecule has 1 atom stereocenters. The molecule has 0 bridgehead atoms. The lowest BCUT2D eigenvalue weighted by Gasteiger charge is -2.05. The van der Waals surface area contributed by atoms with E-state index in [9.17, 15) is 4.79 Å². The van der Waals surface area contributed by atoms with Gasteiger partial charge < -0.3 is 10.4 Å². The van der Waals surface area contributed by atoms with Crippen LogP contribution in [0.1, 0.15) is 6.92 Å². The van der Waals surface area contributed by atoms with Gasteiger partial charge in [0.05, 0.1) is 0 Å². The van der Waals surface area contributed by atoms with Crippen molar-refractivity contribution in [3.63, 3.8) is 0 Å². The minimum atomic E-state index is -0.915. The Morgan fingerprint density at radius 3 is 3.00 bits per heavy atom. The number of rotatable bonds is 3. The summed E-state index contributed by atoms with van der Waals surface area (Å²) in [7, 11) is 0. The Labute approximate surface area is 78.2 Å². The summed E-state index contributed by atoms with van der Waals surface area (Å²) in [5.74, 6) is -0.915. The van der Waals surface area contributed by atoms with E-state index in [1.54, 1.807) is 5.38 Å². The molecule has 6 heteroatoms. The summed E-state index contributed by atoms with van der Waals surface area (Å²) >= 11 is 6.81. The molecule has 0 radical (unpaired) electrons. The van der Waals surface area contributed by atoms with Crippen molar-refractivity contribution >= 4 is 34.0 Å². The zero-order chi connectivity index (χ0) is 9.14. The Kier molecular flexibility index (Phi) is 2.88. The zero-order valence-corrected chi connectivity index (χ0v) is 7.82. The van der Waals surface area contributed by atoms with Crippen LogP contribution in [-0.4, -0.2) is 22.1 Å². The molecular formula is C6H7ClN2O2S. The average Bonchev–Trinajstić information content (AvgIpc) is 2.35. The molecule has 1 unspecified atom stereocenters. The molecule has 0 aliphatic heterocycles. The second-order valence-corrected chi connectivity index (χ2v) is 3.42. The lowest BCUT2D eigenvalue weighted by molar-refractivity contribution is -0.137. The summed E-state index contributed by atoms with van der Waals surface area (Å²) < 4.78 is 0. The summed E-state index contributed by atoms with van der Waals surface area (Å²) in [5, 5.41) is 13.8. The number of thiazole rings is 1. The highest BCUT2D eigenvalue weighted by Crippen LogP contribution is 2.19. The lowest BCUT2D eigenvalue weighted by Crippen LogP contribution is -2.25. The fraction of sp³-hybridized carbons (Fsp3) is 0.333. The number of carbonyl (C=O) groups is 1. The summed E-state index contributed by atoms with van der Waals surface area (Å²) in [6.45, 7) is 1.54. The summed E-state index contributed by atoms with van der Waals surface area (Å²) in [5.41, 5.74) is 0. The summed E-state index contributed by atoms with van der Waals surface area (Å²) in [6.07, 6.45) is 0. The van der Waals surface area contributed by atoms with Crippen molar-refractivity contribution in [2.45, 2.75) is 13.0 Å². The molecule has 0 amide bonds. The van der Waals surface area contributed by atoms with Crippen molar-refractivity contribution in [2.24, 2.45) is 0 Å². The predicted octanol–water partition coefficient (Wildman–Crippen LogP) is 1.68. The van der Waals surface area contributed by atoms with Crippen molar-refractivity contribution in [3.05, 3.63) is 10.5 Å². The molecule has 4 nitrogen and oxygen atoms in total. The lowest BCUT2D eigenvalue weighted by atomic mass is 10.4. The third-order valence-corrected chi connectivity index (χ3v) is 2.28. The maximum absolute atomic E-state index is 10.4. The van der Waals surface area contributed by atoms with Crippen LogP contribution in [0.2, 0.25) is 5.15 Å². The van der Waals surface area contributed by atoms with E-state index in [1.165, 1.54) is 18.3 Å². The number of aromatic nitrogens is 1. The van der Waals surface area contributed by atoms with Crippen molar-refractivity contribution in [1.29, 1.82) is 0 Å². The highest BCUT2D eigenvalue weighted by atomic mass is 35.5. The van der Waals surface area contributed by atoms with Crippen LogP contribution in [0.25, 0.3) is 0 Å². The van der Waals surface area contributed by atoms with Crippen LogP contribution in [-0.2, 0) is 4.79 Å². The Morgan fingerprint density at radius 2 is 2.58 bits per heavy atom. The first-order valence-electron chi connectivity index (χ1n) is 3.20. The van der Waals surface area contributed by atoms with Gasteiger partial charge in [-0.15, -0.1) is 11.3 Å². The zero-order valence-electron chi connectivity index (χ0n) is 6.24. The molecule has 1 rings (SSSR count). The number of anilines is 1. The molecule has 1 heterocycles. The van der Waals surface area contributed by atoms with Crippen LogP contribution in [0.4, 0.5) is 5.13 Å². The maximum atomic E-state index is 10.4. The van der Waals surface area contributed by atoms with Crippen LogP contribution in [0.15, 0.2) is 5.38 Å². The van der Waals surface area contributed by atoms with E-state index >= 15 is 0 Å². The molecule has 12 heavy (non-hydrogen) atoms. The van der Waals surface area contributed by atoms with Gasteiger partial charge in [-0.3, -0.25) is 4.79 Å². The van der Waals surface area contributed by atoms with Crippen LogP contribution < -0.4 is 5.32 Å². The first-order valence-corrected chi connectivity index (χ1v) is 4.45. The average molecular weight is 207 g/mol. The molecule has 0 fully saturated rings. The van der Waals surface area contributed by atoms with E-state index in [-0.39, 0.29) is 0 Å². The van der Waals surface area contributed by atoms with Crippen LogP contribution >= 0.6 is 22.9 Å². The second-order valence-electron chi connectivity index (χ2n) is 2.18. The Balaban J connectivity index is 2.58. The van der Waals surface area contributed by atoms with E-state index in [0.717, 1.165) is 0 Å².